The van der Waals surface area contributed by atoms with Crippen LogP contribution in [0.2, 0.25) is 0 Å². The molecule has 1 aliphatic rings. The van der Waals surface area contributed by atoms with E-state index in [4.69, 9.17) is 4.74 Å². The minimum absolute atomic E-state index is 0.0475. The molecule has 1 aromatic heterocycles. The summed E-state index contributed by atoms with van der Waals surface area (Å²) in [4.78, 5) is 18.9. The van der Waals surface area contributed by atoms with Gasteiger partial charge in [-0.25, -0.2) is 0 Å². The summed E-state index contributed by atoms with van der Waals surface area (Å²) >= 11 is 0. The maximum Gasteiger partial charge on any atom is 0.254 e. The van der Waals surface area contributed by atoms with Gasteiger partial charge in [-0.05, 0) is 41.8 Å². The molecule has 2 heterocycles. The van der Waals surface area contributed by atoms with Gasteiger partial charge in [0.25, 0.3) is 5.91 Å². The van der Waals surface area contributed by atoms with Crippen molar-refractivity contribution in [3.63, 3.8) is 0 Å². The van der Waals surface area contributed by atoms with Crippen LogP contribution in [-0.4, -0.2) is 22.3 Å². The monoisotopic (exact) mass is 344 g/mol. The van der Waals surface area contributed by atoms with E-state index in [9.17, 15) is 4.79 Å². The fourth-order valence-corrected chi connectivity index (χ4v) is 3.22. The molecule has 0 atom stereocenters. The van der Waals surface area contributed by atoms with Crippen molar-refractivity contribution < 1.29 is 9.53 Å². The highest BCUT2D eigenvalue weighted by atomic mass is 16.5. The summed E-state index contributed by atoms with van der Waals surface area (Å²) in [7, 11) is 0. The number of aromatic nitrogens is 1. The van der Waals surface area contributed by atoms with Gasteiger partial charge < -0.3 is 9.64 Å². The highest BCUT2D eigenvalue weighted by molar-refractivity contribution is 5.94. The number of carbonyl (C=O) groups is 1. The fourth-order valence-electron chi connectivity index (χ4n) is 3.22. The minimum atomic E-state index is 0.0475. The highest BCUT2D eigenvalue weighted by Crippen LogP contribution is 2.22. The molecule has 0 spiro atoms. The van der Waals surface area contributed by atoms with E-state index in [1.807, 2.05) is 47.4 Å². The topological polar surface area (TPSA) is 42.4 Å². The van der Waals surface area contributed by atoms with Gasteiger partial charge in [0.05, 0.1) is 0 Å². The molecule has 0 fully saturated rings. The zero-order chi connectivity index (χ0) is 17.8. The van der Waals surface area contributed by atoms with Crippen LogP contribution in [-0.2, 0) is 19.6 Å². The van der Waals surface area contributed by atoms with Crippen LogP contribution in [0.25, 0.3) is 0 Å². The first-order valence-electron chi connectivity index (χ1n) is 8.77. The molecule has 0 saturated heterocycles. The molecule has 2 aromatic carbocycles. The molecule has 3 aromatic rings. The minimum Gasteiger partial charge on any atom is -0.489 e. The van der Waals surface area contributed by atoms with E-state index >= 15 is 0 Å². The second kappa shape index (κ2) is 7.40. The van der Waals surface area contributed by atoms with E-state index in [1.165, 1.54) is 11.1 Å². The summed E-state index contributed by atoms with van der Waals surface area (Å²) in [6, 6.07) is 19.6. The average Bonchev–Trinajstić information content (AvgIpc) is 2.72. The van der Waals surface area contributed by atoms with Gasteiger partial charge in [-0.3, -0.25) is 9.78 Å². The van der Waals surface area contributed by atoms with Crippen LogP contribution in [0.1, 0.15) is 27.0 Å². The van der Waals surface area contributed by atoms with E-state index in [-0.39, 0.29) is 5.91 Å². The van der Waals surface area contributed by atoms with Crippen molar-refractivity contribution in [2.24, 2.45) is 0 Å². The molecular weight excluding hydrogens is 324 g/mol. The first-order chi connectivity index (χ1) is 12.8. The molecule has 4 heteroatoms. The van der Waals surface area contributed by atoms with Crippen LogP contribution >= 0.6 is 0 Å². The standard InChI is InChI=1S/C22H20N2O2/c25-22(24-12-10-18-6-1-2-7-20(18)15-24)19-8-3-9-21(13-19)26-16-17-5-4-11-23-14-17/h1-9,11,13-14H,10,12,15-16H2. The lowest BCUT2D eigenvalue weighted by molar-refractivity contribution is 0.0734. The Balaban J connectivity index is 1.45. The molecule has 0 radical (unpaired) electrons. The number of amides is 1. The number of fused-ring (bicyclic) bond motifs is 1. The molecular formula is C22H20N2O2. The van der Waals surface area contributed by atoms with Crippen LogP contribution in [0.5, 0.6) is 5.75 Å². The third-order valence-electron chi connectivity index (χ3n) is 4.63. The lowest BCUT2D eigenvalue weighted by Gasteiger charge is -2.29. The molecule has 0 N–H and O–H groups in total. The summed E-state index contributed by atoms with van der Waals surface area (Å²) in [5, 5.41) is 0. The lowest BCUT2D eigenvalue weighted by Crippen LogP contribution is -2.35. The second-order valence-electron chi connectivity index (χ2n) is 6.42. The van der Waals surface area contributed by atoms with Crippen LogP contribution in [0.3, 0.4) is 0 Å². The number of carbonyl (C=O) groups excluding carboxylic acids is 1. The summed E-state index contributed by atoms with van der Waals surface area (Å²) in [6.45, 7) is 1.84. The van der Waals surface area contributed by atoms with Gasteiger partial charge >= 0.3 is 0 Å². The third kappa shape index (κ3) is 3.59. The van der Waals surface area contributed by atoms with Crippen molar-refractivity contribution >= 4 is 5.91 Å². The Kier molecular flexibility index (Phi) is 4.65. The smallest absolute Gasteiger partial charge is 0.254 e. The van der Waals surface area contributed by atoms with Gasteiger partial charge in [-0.15, -0.1) is 0 Å². The average molecular weight is 344 g/mol. The summed E-state index contributed by atoms with van der Waals surface area (Å²) in [6.07, 6.45) is 4.42. The number of hydrogen-bond acceptors (Lipinski definition) is 3. The van der Waals surface area contributed by atoms with Crippen molar-refractivity contribution in [1.82, 2.24) is 9.88 Å². The lowest BCUT2D eigenvalue weighted by atomic mass is 9.99. The first kappa shape index (κ1) is 16.3. The second-order valence-corrected chi connectivity index (χ2v) is 6.42. The number of pyridine rings is 1. The van der Waals surface area contributed by atoms with Crippen LogP contribution in [0.4, 0.5) is 0 Å². The first-order valence-corrected chi connectivity index (χ1v) is 8.77. The van der Waals surface area contributed by atoms with Crippen LogP contribution < -0.4 is 4.74 Å². The highest BCUT2D eigenvalue weighted by Gasteiger charge is 2.21. The number of nitrogens with zero attached hydrogens (tertiary/aromatic N) is 2. The summed E-state index contributed by atoms with van der Waals surface area (Å²) < 4.78 is 5.82. The molecule has 0 bridgehead atoms. The Bertz CT molecular complexity index is 909. The van der Waals surface area contributed by atoms with Gasteiger partial charge in [-0.1, -0.05) is 36.4 Å². The van der Waals surface area contributed by atoms with Gasteiger partial charge in [0.1, 0.15) is 12.4 Å². The Morgan fingerprint density at radius 1 is 1.04 bits per heavy atom. The molecule has 26 heavy (non-hydrogen) atoms. The normalized spacial score (nSPS) is 13.2. The molecule has 0 saturated carbocycles. The zero-order valence-corrected chi connectivity index (χ0v) is 14.5. The van der Waals surface area contributed by atoms with Gasteiger partial charge in [-0.2, -0.15) is 0 Å². The van der Waals surface area contributed by atoms with Crippen molar-refractivity contribution in [3.05, 3.63) is 95.3 Å². The summed E-state index contributed by atoms with van der Waals surface area (Å²) in [5.74, 6) is 0.739. The van der Waals surface area contributed by atoms with Crippen molar-refractivity contribution in [2.75, 3.05) is 6.54 Å². The fraction of sp³-hybridized carbons (Fsp3) is 0.182. The quantitative estimate of drug-likeness (QED) is 0.722. The summed E-state index contributed by atoms with van der Waals surface area (Å²) in [5.41, 5.74) is 4.23. The van der Waals surface area contributed by atoms with E-state index in [0.717, 1.165) is 18.5 Å². The Morgan fingerprint density at radius 2 is 1.92 bits per heavy atom. The Labute approximate surface area is 153 Å². The third-order valence-corrected chi connectivity index (χ3v) is 4.63. The van der Waals surface area contributed by atoms with Crippen LogP contribution in [0, 0.1) is 0 Å². The number of ether oxygens (including phenoxy) is 1. The zero-order valence-electron chi connectivity index (χ0n) is 14.5. The van der Waals surface area contributed by atoms with Crippen molar-refractivity contribution in [3.8, 4) is 5.75 Å². The SMILES string of the molecule is O=C(c1cccc(OCc2cccnc2)c1)N1CCc2ccccc2C1. The molecule has 130 valence electrons. The van der Waals surface area contributed by atoms with Gasteiger partial charge in [0.2, 0.25) is 0 Å². The van der Waals surface area contributed by atoms with Crippen molar-refractivity contribution in [2.45, 2.75) is 19.6 Å². The molecule has 0 unspecified atom stereocenters. The number of benzene rings is 2. The van der Waals surface area contributed by atoms with E-state index in [2.05, 4.69) is 23.2 Å². The molecule has 1 aliphatic heterocycles. The maximum atomic E-state index is 12.9. The molecule has 4 rings (SSSR count). The van der Waals surface area contributed by atoms with Gasteiger partial charge in [0, 0.05) is 36.6 Å². The predicted molar refractivity (Wildman–Crippen MR) is 99.9 cm³/mol. The van der Waals surface area contributed by atoms with Crippen molar-refractivity contribution in [1.29, 1.82) is 0 Å². The predicted octanol–water partition coefficient (Wildman–Crippen LogP) is 3.86. The molecule has 1 amide bonds. The largest absolute Gasteiger partial charge is 0.489 e. The van der Waals surface area contributed by atoms with Gasteiger partial charge in [0.15, 0.2) is 0 Å². The van der Waals surface area contributed by atoms with Crippen LogP contribution in [0.15, 0.2) is 73.1 Å². The Hall–Kier alpha value is -3.14. The van der Waals surface area contributed by atoms with E-state index in [0.29, 0.717) is 24.5 Å². The number of rotatable bonds is 4. The number of hydrogen-bond donors (Lipinski definition) is 0. The maximum absolute atomic E-state index is 12.9. The van der Waals surface area contributed by atoms with E-state index in [1.54, 1.807) is 12.4 Å². The van der Waals surface area contributed by atoms with E-state index < -0.39 is 0 Å². The molecule has 0 aliphatic carbocycles. The molecule has 4 nitrogen and oxygen atoms in total. The Morgan fingerprint density at radius 3 is 2.77 bits per heavy atom.